The van der Waals surface area contributed by atoms with Crippen LogP contribution in [0.25, 0.3) is 0 Å². The third-order valence-electron chi connectivity index (χ3n) is 6.10. The molecule has 0 saturated heterocycles. The predicted molar refractivity (Wildman–Crippen MR) is 101 cm³/mol. The molecule has 0 aliphatic heterocycles. The van der Waals surface area contributed by atoms with Crippen molar-refractivity contribution in [3.63, 3.8) is 0 Å². The molecule has 0 radical (unpaired) electrons. The Hall–Kier alpha value is -1.16. The predicted octanol–water partition coefficient (Wildman–Crippen LogP) is 5.10. The molecule has 2 saturated carbocycles. The lowest BCUT2D eigenvalue weighted by molar-refractivity contribution is -0.158. The van der Waals surface area contributed by atoms with Gasteiger partial charge in [-0.1, -0.05) is 60.2 Å². The van der Waals surface area contributed by atoms with E-state index in [0.717, 1.165) is 35.7 Å². The molecule has 0 bridgehead atoms. The number of carbonyl (C=O) groups excluding carboxylic acids is 2. The minimum absolute atomic E-state index is 0.0659. The first-order valence-electron chi connectivity index (χ1n) is 9.42. The van der Waals surface area contributed by atoms with Crippen LogP contribution in [0, 0.1) is 17.3 Å². The third-order valence-corrected chi connectivity index (χ3v) is 6.62. The first-order chi connectivity index (χ1) is 12.0. The Balaban J connectivity index is 1.75. The van der Waals surface area contributed by atoms with Crippen molar-refractivity contribution in [1.82, 2.24) is 0 Å². The highest BCUT2D eigenvalue weighted by atomic mass is 79.9. The lowest BCUT2D eigenvalue weighted by Gasteiger charge is -2.31. The topological polar surface area (TPSA) is 43.4 Å². The molecule has 0 spiro atoms. The van der Waals surface area contributed by atoms with E-state index in [1.54, 1.807) is 0 Å². The number of esters is 1. The molecule has 2 aliphatic carbocycles. The van der Waals surface area contributed by atoms with Crippen LogP contribution in [0.2, 0.25) is 0 Å². The maximum atomic E-state index is 13.3. The molecule has 25 heavy (non-hydrogen) atoms. The summed E-state index contributed by atoms with van der Waals surface area (Å²) in [5, 5.41) is 0. The van der Waals surface area contributed by atoms with Gasteiger partial charge in [0.1, 0.15) is 5.41 Å². The summed E-state index contributed by atoms with van der Waals surface area (Å²) < 4.78 is 6.13. The Bertz CT molecular complexity index is 619. The molecular weight excluding hydrogens is 380 g/mol. The van der Waals surface area contributed by atoms with E-state index in [0.29, 0.717) is 18.8 Å². The largest absolute Gasteiger partial charge is 0.468 e. The molecule has 1 aromatic carbocycles. The Labute approximate surface area is 158 Å². The summed E-state index contributed by atoms with van der Waals surface area (Å²) in [6, 6.07) is 8.11. The molecule has 0 heterocycles. The summed E-state index contributed by atoms with van der Waals surface area (Å²) in [5.74, 6) is 0.237. The van der Waals surface area contributed by atoms with Crippen LogP contribution >= 0.6 is 15.9 Å². The molecule has 4 heteroatoms. The van der Waals surface area contributed by atoms with E-state index in [1.165, 1.54) is 26.4 Å². The fourth-order valence-electron chi connectivity index (χ4n) is 4.73. The average molecular weight is 407 g/mol. The van der Waals surface area contributed by atoms with Gasteiger partial charge in [0, 0.05) is 10.4 Å². The lowest BCUT2D eigenvalue weighted by atomic mass is 9.72. The summed E-state index contributed by atoms with van der Waals surface area (Å²) in [6.07, 6.45) is 8.85. The smallest absolute Gasteiger partial charge is 0.319 e. The molecular formula is C21H27BrO3. The maximum Gasteiger partial charge on any atom is 0.319 e. The Morgan fingerprint density at radius 3 is 2.48 bits per heavy atom. The zero-order valence-corrected chi connectivity index (χ0v) is 16.5. The minimum atomic E-state index is -0.892. The second-order valence-electron chi connectivity index (χ2n) is 7.71. The van der Waals surface area contributed by atoms with Crippen LogP contribution in [-0.4, -0.2) is 18.9 Å². The molecule has 0 aromatic heterocycles. The van der Waals surface area contributed by atoms with Crippen molar-refractivity contribution in [3.8, 4) is 0 Å². The van der Waals surface area contributed by atoms with Gasteiger partial charge in [0.2, 0.25) is 0 Å². The highest BCUT2D eigenvalue weighted by Gasteiger charge is 2.54. The molecule has 0 N–H and O–H groups in total. The Kier molecular flexibility index (Phi) is 5.98. The van der Waals surface area contributed by atoms with Gasteiger partial charge in [0.15, 0.2) is 5.78 Å². The normalized spacial score (nSPS) is 27.4. The van der Waals surface area contributed by atoms with Gasteiger partial charge in [0.05, 0.1) is 7.11 Å². The van der Waals surface area contributed by atoms with Crippen LogP contribution < -0.4 is 0 Å². The highest BCUT2D eigenvalue weighted by molar-refractivity contribution is 9.10. The van der Waals surface area contributed by atoms with Crippen molar-refractivity contribution in [3.05, 3.63) is 34.3 Å². The molecule has 0 unspecified atom stereocenters. The fraction of sp³-hybridized carbons (Fsp3) is 0.619. The number of hydrogen-bond acceptors (Lipinski definition) is 3. The molecule has 2 aliphatic rings. The first-order valence-corrected chi connectivity index (χ1v) is 10.2. The van der Waals surface area contributed by atoms with Crippen molar-refractivity contribution in [1.29, 1.82) is 0 Å². The molecule has 2 atom stereocenters. The van der Waals surface area contributed by atoms with E-state index < -0.39 is 5.41 Å². The molecule has 3 rings (SSSR count). The molecule has 3 nitrogen and oxygen atoms in total. The number of ketones is 1. The summed E-state index contributed by atoms with van der Waals surface area (Å²) in [7, 11) is 1.42. The third kappa shape index (κ3) is 3.99. The van der Waals surface area contributed by atoms with Crippen molar-refractivity contribution in [2.75, 3.05) is 7.11 Å². The Morgan fingerprint density at radius 1 is 1.16 bits per heavy atom. The van der Waals surface area contributed by atoms with E-state index in [-0.39, 0.29) is 17.7 Å². The number of rotatable bonds is 5. The van der Waals surface area contributed by atoms with Gasteiger partial charge in [-0.05, 0) is 49.3 Å². The first kappa shape index (κ1) is 18.6. The summed E-state index contributed by atoms with van der Waals surface area (Å²) in [5.41, 5.74) is 0.261. The van der Waals surface area contributed by atoms with Crippen molar-refractivity contribution < 1.29 is 14.3 Å². The second-order valence-corrected chi connectivity index (χ2v) is 8.63. The van der Waals surface area contributed by atoms with Gasteiger partial charge in [-0.3, -0.25) is 9.59 Å². The zero-order valence-electron chi connectivity index (χ0n) is 14.9. The number of carbonyl (C=O) groups is 2. The molecule has 2 fully saturated rings. The highest BCUT2D eigenvalue weighted by Crippen LogP contribution is 2.47. The van der Waals surface area contributed by atoms with E-state index in [4.69, 9.17) is 4.74 Å². The second kappa shape index (κ2) is 8.03. The molecule has 0 amide bonds. The zero-order chi connectivity index (χ0) is 17.9. The van der Waals surface area contributed by atoms with E-state index in [2.05, 4.69) is 28.1 Å². The van der Waals surface area contributed by atoms with E-state index in [1.807, 2.05) is 12.1 Å². The molecule has 1 aromatic rings. The quantitative estimate of drug-likeness (QED) is 0.504. The summed E-state index contributed by atoms with van der Waals surface area (Å²) in [6.45, 7) is 0. The average Bonchev–Trinajstić information content (AvgIpc) is 2.94. The van der Waals surface area contributed by atoms with Crippen molar-refractivity contribution in [2.45, 2.75) is 57.8 Å². The monoisotopic (exact) mass is 406 g/mol. The van der Waals surface area contributed by atoms with Crippen LogP contribution in [0.3, 0.4) is 0 Å². The van der Waals surface area contributed by atoms with Gasteiger partial charge in [-0.2, -0.15) is 0 Å². The Morgan fingerprint density at radius 2 is 1.84 bits per heavy atom. The number of benzene rings is 1. The van der Waals surface area contributed by atoms with Crippen LogP contribution in [0.5, 0.6) is 0 Å². The number of hydrogen-bond donors (Lipinski definition) is 0. The van der Waals surface area contributed by atoms with Crippen molar-refractivity contribution >= 4 is 27.7 Å². The minimum Gasteiger partial charge on any atom is -0.468 e. The van der Waals surface area contributed by atoms with Gasteiger partial charge < -0.3 is 4.74 Å². The standard InChI is InChI=1S/C21H27BrO3/c1-25-20(24)21(14-16-5-3-2-4-6-16)12-11-17(19(21)23)13-15-7-9-18(22)10-8-15/h7-10,16-17H,2-6,11-14H2,1H3/t17-,21+/m0/s1. The van der Waals surface area contributed by atoms with Gasteiger partial charge in [0.25, 0.3) is 0 Å². The van der Waals surface area contributed by atoms with E-state index in [9.17, 15) is 9.59 Å². The number of halogens is 1. The van der Waals surface area contributed by atoms with Gasteiger partial charge in [-0.15, -0.1) is 0 Å². The number of Topliss-reactive ketones (excluding diaryl/α,β-unsaturated/α-hetero) is 1. The van der Waals surface area contributed by atoms with Crippen molar-refractivity contribution in [2.24, 2.45) is 17.3 Å². The lowest BCUT2D eigenvalue weighted by Crippen LogP contribution is -2.40. The SMILES string of the molecule is COC(=O)[C@@]1(CC2CCCCC2)CC[C@@H](Cc2ccc(Br)cc2)C1=O. The number of methoxy groups -OCH3 is 1. The molecule has 136 valence electrons. The van der Waals surface area contributed by atoms with E-state index >= 15 is 0 Å². The van der Waals surface area contributed by atoms with Crippen LogP contribution in [0.4, 0.5) is 0 Å². The van der Waals surface area contributed by atoms with Gasteiger partial charge in [-0.25, -0.2) is 0 Å². The number of ether oxygens (including phenoxy) is 1. The van der Waals surface area contributed by atoms with Crippen LogP contribution in [0.15, 0.2) is 28.7 Å². The summed E-state index contributed by atoms with van der Waals surface area (Å²) in [4.78, 5) is 25.9. The van der Waals surface area contributed by atoms with Gasteiger partial charge >= 0.3 is 5.97 Å². The van der Waals surface area contributed by atoms with Crippen LogP contribution in [0.1, 0.15) is 56.9 Å². The summed E-state index contributed by atoms with van der Waals surface area (Å²) >= 11 is 3.44. The fourth-order valence-corrected chi connectivity index (χ4v) is 5.00. The maximum absolute atomic E-state index is 13.3. The van der Waals surface area contributed by atoms with Crippen LogP contribution in [-0.2, 0) is 20.7 Å².